The second-order valence-corrected chi connectivity index (χ2v) is 8.06. The number of para-hydroxylation sites is 1. The average molecular weight is 452 g/mol. The van der Waals surface area contributed by atoms with Crippen LogP contribution >= 0.6 is 0 Å². The van der Waals surface area contributed by atoms with Gasteiger partial charge in [0.05, 0.1) is 43.3 Å². The Kier molecular flexibility index (Phi) is 7.78. The van der Waals surface area contributed by atoms with E-state index >= 15 is 0 Å². The van der Waals surface area contributed by atoms with Gasteiger partial charge in [0, 0.05) is 6.04 Å². The minimum atomic E-state index is -0.358. The first-order valence-corrected chi connectivity index (χ1v) is 10.7. The van der Waals surface area contributed by atoms with E-state index in [-0.39, 0.29) is 43.0 Å². The topological polar surface area (TPSA) is 116 Å². The number of methoxy groups -OCH3 is 1. The van der Waals surface area contributed by atoms with Crippen molar-refractivity contribution >= 4 is 28.4 Å². The van der Waals surface area contributed by atoms with E-state index in [2.05, 4.69) is 20.6 Å². The molecule has 3 rings (SSSR count). The smallest absolute Gasteiger partial charge is 0.258 e. The molecule has 9 heteroatoms. The lowest BCUT2D eigenvalue weighted by Gasteiger charge is -2.25. The van der Waals surface area contributed by atoms with Crippen LogP contribution in [0.25, 0.3) is 10.9 Å². The Bertz CT molecular complexity index is 1200. The van der Waals surface area contributed by atoms with Crippen LogP contribution in [-0.2, 0) is 16.1 Å². The molecule has 0 radical (unpaired) electrons. The van der Waals surface area contributed by atoms with Crippen molar-refractivity contribution in [1.82, 2.24) is 20.2 Å². The number of nitrogens with zero attached hydrogens (tertiary/aromatic N) is 2. The summed E-state index contributed by atoms with van der Waals surface area (Å²) < 4.78 is 5.26. The van der Waals surface area contributed by atoms with E-state index < -0.39 is 0 Å². The standard InChI is InChI=1S/C24H29N5O4/c1-15(2)29(13-21-26-18-8-6-5-7-17(18)24(32)28-21)14-23(31)25-12-22(30)27-19-11-16(3)9-10-20(19)33-4/h5-11,15H,12-14H2,1-4H3,(H,25,31)(H,27,30)(H,26,28,32). The van der Waals surface area contributed by atoms with Gasteiger partial charge in [-0.25, -0.2) is 4.98 Å². The van der Waals surface area contributed by atoms with Crippen molar-refractivity contribution in [3.63, 3.8) is 0 Å². The number of fused-ring (bicyclic) bond motifs is 1. The third-order valence-electron chi connectivity index (χ3n) is 5.17. The molecule has 33 heavy (non-hydrogen) atoms. The molecule has 0 unspecified atom stereocenters. The van der Waals surface area contributed by atoms with E-state index in [1.807, 2.05) is 37.8 Å². The Morgan fingerprint density at radius 3 is 2.64 bits per heavy atom. The molecule has 2 aromatic carbocycles. The van der Waals surface area contributed by atoms with Crippen LogP contribution in [0.4, 0.5) is 5.69 Å². The summed E-state index contributed by atoms with van der Waals surface area (Å²) in [6.45, 7) is 5.97. The summed E-state index contributed by atoms with van der Waals surface area (Å²) in [7, 11) is 1.53. The number of hydrogen-bond donors (Lipinski definition) is 3. The zero-order valence-electron chi connectivity index (χ0n) is 19.3. The first kappa shape index (κ1) is 23.9. The largest absolute Gasteiger partial charge is 0.495 e. The van der Waals surface area contributed by atoms with Crippen molar-refractivity contribution in [3.8, 4) is 5.75 Å². The van der Waals surface area contributed by atoms with E-state index in [1.54, 1.807) is 30.3 Å². The first-order valence-electron chi connectivity index (χ1n) is 10.7. The van der Waals surface area contributed by atoms with Gasteiger partial charge in [-0.2, -0.15) is 0 Å². The number of benzene rings is 2. The molecule has 9 nitrogen and oxygen atoms in total. The molecule has 1 aromatic heterocycles. The fourth-order valence-electron chi connectivity index (χ4n) is 3.36. The maximum atomic E-state index is 12.5. The van der Waals surface area contributed by atoms with Crippen LogP contribution in [0.15, 0.2) is 47.3 Å². The summed E-state index contributed by atoms with van der Waals surface area (Å²) in [6.07, 6.45) is 0. The lowest BCUT2D eigenvalue weighted by atomic mass is 10.2. The summed E-state index contributed by atoms with van der Waals surface area (Å²) in [6, 6.07) is 12.6. The molecule has 2 amide bonds. The van der Waals surface area contributed by atoms with Gasteiger partial charge in [-0.3, -0.25) is 19.3 Å². The highest BCUT2D eigenvalue weighted by Crippen LogP contribution is 2.24. The summed E-state index contributed by atoms with van der Waals surface area (Å²) in [5.41, 5.74) is 1.91. The molecule has 1 heterocycles. The van der Waals surface area contributed by atoms with Crippen LogP contribution in [0, 0.1) is 6.92 Å². The number of H-pyrrole nitrogens is 1. The van der Waals surface area contributed by atoms with Crippen molar-refractivity contribution in [2.75, 3.05) is 25.5 Å². The van der Waals surface area contributed by atoms with Crippen LogP contribution in [0.2, 0.25) is 0 Å². The van der Waals surface area contributed by atoms with Crippen molar-refractivity contribution < 1.29 is 14.3 Å². The van der Waals surface area contributed by atoms with E-state index in [4.69, 9.17) is 4.74 Å². The molecule has 0 saturated carbocycles. The minimum Gasteiger partial charge on any atom is -0.495 e. The maximum absolute atomic E-state index is 12.5. The van der Waals surface area contributed by atoms with Gasteiger partial charge in [0.1, 0.15) is 11.6 Å². The summed E-state index contributed by atoms with van der Waals surface area (Å²) in [5, 5.41) is 5.92. The van der Waals surface area contributed by atoms with Crippen molar-refractivity contribution in [3.05, 3.63) is 64.2 Å². The summed E-state index contributed by atoms with van der Waals surface area (Å²) in [5.74, 6) is 0.356. The monoisotopic (exact) mass is 451 g/mol. The molecule has 0 aliphatic carbocycles. The van der Waals surface area contributed by atoms with Crippen molar-refractivity contribution in [2.45, 2.75) is 33.4 Å². The van der Waals surface area contributed by atoms with Gasteiger partial charge in [-0.05, 0) is 50.6 Å². The van der Waals surface area contributed by atoms with Gasteiger partial charge in [0.15, 0.2) is 0 Å². The van der Waals surface area contributed by atoms with Gasteiger partial charge in [-0.1, -0.05) is 18.2 Å². The number of amides is 2. The molecular formula is C24H29N5O4. The SMILES string of the molecule is COc1ccc(C)cc1NC(=O)CNC(=O)CN(Cc1nc2ccccc2c(=O)[nH]1)C(C)C. The van der Waals surface area contributed by atoms with Gasteiger partial charge in [-0.15, -0.1) is 0 Å². The van der Waals surface area contributed by atoms with Crippen LogP contribution in [0.5, 0.6) is 5.75 Å². The summed E-state index contributed by atoms with van der Waals surface area (Å²) >= 11 is 0. The third kappa shape index (κ3) is 6.39. The lowest BCUT2D eigenvalue weighted by molar-refractivity contribution is -0.125. The second kappa shape index (κ2) is 10.7. The number of nitrogens with one attached hydrogen (secondary N) is 3. The van der Waals surface area contributed by atoms with E-state index in [1.165, 1.54) is 7.11 Å². The van der Waals surface area contributed by atoms with Crippen molar-refractivity contribution in [2.24, 2.45) is 0 Å². The first-order chi connectivity index (χ1) is 15.8. The Balaban J connectivity index is 1.59. The molecule has 0 atom stereocenters. The average Bonchev–Trinajstić information content (AvgIpc) is 2.77. The Morgan fingerprint density at radius 2 is 1.91 bits per heavy atom. The van der Waals surface area contributed by atoms with Crippen LogP contribution < -0.4 is 20.9 Å². The number of aromatic nitrogens is 2. The maximum Gasteiger partial charge on any atom is 0.258 e. The van der Waals surface area contributed by atoms with Gasteiger partial charge < -0.3 is 20.4 Å². The van der Waals surface area contributed by atoms with Crippen LogP contribution in [0.3, 0.4) is 0 Å². The Hall–Kier alpha value is -3.72. The fraction of sp³-hybridized carbons (Fsp3) is 0.333. The minimum absolute atomic E-state index is 0.0119. The highest BCUT2D eigenvalue weighted by Gasteiger charge is 2.17. The van der Waals surface area contributed by atoms with E-state index in [0.29, 0.717) is 28.2 Å². The van der Waals surface area contributed by atoms with Crippen molar-refractivity contribution in [1.29, 1.82) is 0 Å². The van der Waals surface area contributed by atoms with E-state index in [9.17, 15) is 14.4 Å². The molecule has 0 aliphatic rings. The number of aromatic amines is 1. The number of hydrogen-bond acceptors (Lipinski definition) is 6. The normalized spacial score (nSPS) is 11.1. The van der Waals surface area contributed by atoms with Gasteiger partial charge >= 0.3 is 0 Å². The Morgan fingerprint density at radius 1 is 1.15 bits per heavy atom. The number of rotatable bonds is 9. The molecule has 0 saturated heterocycles. The summed E-state index contributed by atoms with van der Waals surface area (Å²) in [4.78, 5) is 46.3. The van der Waals surface area contributed by atoms with Gasteiger partial charge in [0.2, 0.25) is 11.8 Å². The number of ether oxygens (including phenoxy) is 1. The fourth-order valence-corrected chi connectivity index (χ4v) is 3.36. The van der Waals surface area contributed by atoms with Crippen LogP contribution in [0.1, 0.15) is 25.2 Å². The highest BCUT2D eigenvalue weighted by molar-refractivity contribution is 5.96. The highest BCUT2D eigenvalue weighted by atomic mass is 16.5. The molecule has 3 aromatic rings. The quantitative estimate of drug-likeness (QED) is 0.459. The van der Waals surface area contributed by atoms with E-state index in [0.717, 1.165) is 5.56 Å². The number of anilines is 1. The lowest BCUT2D eigenvalue weighted by Crippen LogP contribution is -2.43. The Labute approximate surface area is 192 Å². The molecule has 0 aliphatic heterocycles. The van der Waals surface area contributed by atoms with Gasteiger partial charge in [0.25, 0.3) is 5.56 Å². The third-order valence-corrected chi connectivity index (χ3v) is 5.17. The second-order valence-electron chi connectivity index (χ2n) is 8.06. The number of aryl methyl sites for hydroxylation is 1. The predicted molar refractivity (Wildman–Crippen MR) is 127 cm³/mol. The molecule has 174 valence electrons. The number of carbonyl (C=O) groups is 2. The zero-order chi connectivity index (χ0) is 24.0. The molecule has 0 fully saturated rings. The molecular weight excluding hydrogens is 422 g/mol. The molecule has 0 bridgehead atoms. The van der Waals surface area contributed by atoms with Crippen LogP contribution in [-0.4, -0.2) is 52.9 Å². The molecule has 0 spiro atoms. The molecule has 3 N–H and O–H groups in total. The number of carbonyl (C=O) groups excluding carboxylic acids is 2. The zero-order valence-corrected chi connectivity index (χ0v) is 19.3. The predicted octanol–water partition coefficient (Wildman–Crippen LogP) is 2.21.